The highest BCUT2D eigenvalue weighted by Crippen LogP contribution is 2.47. The molecule has 0 spiro atoms. The Labute approximate surface area is 112 Å². The number of hydrogen-bond donors (Lipinski definition) is 1. The smallest absolute Gasteiger partial charge is 0.296 e. The van der Waals surface area contributed by atoms with Gasteiger partial charge < -0.3 is 0 Å². The number of rotatable bonds is 1. The van der Waals surface area contributed by atoms with Gasteiger partial charge in [0.15, 0.2) is 5.82 Å². The molecule has 1 heterocycles. The molecule has 19 heavy (non-hydrogen) atoms. The highest BCUT2D eigenvalue weighted by molar-refractivity contribution is 6.41. The average molecular weight is 319 g/mol. The van der Waals surface area contributed by atoms with E-state index in [2.05, 4.69) is 14.7 Å². The first-order chi connectivity index (χ1) is 8.67. The predicted molar refractivity (Wildman–Crippen MR) is 58.6 cm³/mol. The Morgan fingerprint density at radius 1 is 1.47 bits per heavy atom. The molecule has 0 fully saturated rings. The van der Waals surface area contributed by atoms with E-state index in [4.69, 9.17) is 23.2 Å². The minimum atomic E-state index is -5.22. The Balaban J connectivity index is 2.48. The van der Waals surface area contributed by atoms with Crippen molar-refractivity contribution in [2.24, 2.45) is 0 Å². The predicted octanol–water partition coefficient (Wildman–Crippen LogP) is 2.76. The number of nitrogens with zero attached hydrogens (tertiary/aromatic N) is 1. The molecule has 2 rings (SSSR count). The minimum absolute atomic E-state index is 0.148. The molecule has 1 aromatic heterocycles. The van der Waals surface area contributed by atoms with Crippen LogP contribution in [0.5, 0.6) is 0 Å². The summed E-state index contributed by atoms with van der Waals surface area (Å²) in [6.45, 7) is 0. The largest absolute Gasteiger partial charge is 0.439 e. The first kappa shape index (κ1) is 14.1. The van der Waals surface area contributed by atoms with Crippen LogP contribution in [0, 0.1) is 0 Å². The lowest BCUT2D eigenvalue weighted by Crippen LogP contribution is -2.48. The second-order valence-corrected chi connectivity index (χ2v) is 4.51. The van der Waals surface area contributed by atoms with Crippen LogP contribution in [0.4, 0.5) is 17.6 Å². The summed E-state index contributed by atoms with van der Waals surface area (Å²) >= 11 is 11.0. The highest BCUT2D eigenvalue weighted by atomic mass is 35.5. The first-order valence-electron chi connectivity index (χ1n) is 4.72. The maximum absolute atomic E-state index is 13.8. The Bertz CT molecular complexity index is 618. The van der Waals surface area contributed by atoms with Gasteiger partial charge in [-0.25, -0.2) is 9.18 Å². The molecule has 0 radical (unpaired) electrons. The summed E-state index contributed by atoms with van der Waals surface area (Å²) in [6.07, 6.45) is -4.26. The topological polar surface area (TPSA) is 58.9 Å². The van der Waals surface area contributed by atoms with Gasteiger partial charge in [-0.15, -0.1) is 11.6 Å². The molecule has 10 heteroatoms. The molecule has 0 saturated heterocycles. The monoisotopic (exact) mass is 318 g/mol. The third kappa shape index (κ3) is 2.18. The fraction of sp³-hybridized carbons (Fsp3) is 0.333. The zero-order valence-corrected chi connectivity index (χ0v) is 10.3. The van der Waals surface area contributed by atoms with Gasteiger partial charge in [-0.2, -0.15) is 13.2 Å². The van der Waals surface area contributed by atoms with Crippen LogP contribution in [-0.2, 0) is 0 Å². The number of allylic oxidation sites excluding steroid dienone is 4. The van der Waals surface area contributed by atoms with Crippen molar-refractivity contribution in [3.05, 3.63) is 33.6 Å². The Hall–Kier alpha value is -1.28. The van der Waals surface area contributed by atoms with Gasteiger partial charge in [-0.3, -0.25) is 9.51 Å². The van der Waals surface area contributed by atoms with Gasteiger partial charge in [0, 0.05) is 5.57 Å². The minimum Gasteiger partial charge on any atom is -0.296 e. The van der Waals surface area contributed by atoms with E-state index in [1.165, 1.54) is 0 Å². The molecule has 0 aliphatic heterocycles. The van der Waals surface area contributed by atoms with E-state index in [1.54, 1.807) is 0 Å². The second-order valence-electron chi connectivity index (χ2n) is 3.67. The molecular weight excluding hydrogens is 315 g/mol. The van der Waals surface area contributed by atoms with E-state index in [1.807, 2.05) is 0 Å². The molecule has 2 atom stereocenters. The maximum Gasteiger partial charge on any atom is 0.439 e. The number of halogens is 6. The fourth-order valence-electron chi connectivity index (χ4n) is 1.47. The maximum atomic E-state index is 13.8. The quantitative estimate of drug-likeness (QED) is 0.640. The van der Waals surface area contributed by atoms with Crippen molar-refractivity contribution in [1.29, 1.82) is 0 Å². The average Bonchev–Trinajstić information content (AvgIpc) is 2.71. The lowest BCUT2D eigenvalue weighted by molar-refractivity contribution is -0.209. The third-order valence-corrected chi connectivity index (χ3v) is 3.54. The van der Waals surface area contributed by atoms with Gasteiger partial charge in [-0.1, -0.05) is 22.8 Å². The van der Waals surface area contributed by atoms with Crippen molar-refractivity contribution in [3.8, 4) is 0 Å². The van der Waals surface area contributed by atoms with Crippen molar-refractivity contribution >= 4 is 28.8 Å². The highest BCUT2D eigenvalue weighted by Gasteiger charge is 2.61. The summed E-state index contributed by atoms with van der Waals surface area (Å²) in [5.41, 5.74) is -3.94. The van der Waals surface area contributed by atoms with E-state index in [9.17, 15) is 22.4 Å². The van der Waals surface area contributed by atoms with E-state index < -0.39 is 28.0 Å². The number of aromatic nitrogens is 2. The summed E-state index contributed by atoms with van der Waals surface area (Å²) in [5.74, 6) is -1.17. The molecule has 0 aromatic carbocycles. The number of H-pyrrole nitrogens is 1. The normalized spacial score (nSPS) is 28.0. The zero-order valence-electron chi connectivity index (χ0n) is 8.76. The van der Waals surface area contributed by atoms with Crippen molar-refractivity contribution in [2.45, 2.75) is 17.2 Å². The molecule has 2 unspecified atom stereocenters. The fourth-order valence-corrected chi connectivity index (χ4v) is 2.09. The van der Waals surface area contributed by atoms with Crippen molar-refractivity contribution in [1.82, 2.24) is 10.1 Å². The second kappa shape index (κ2) is 4.38. The van der Waals surface area contributed by atoms with Gasteiger partial charge in [0.1, 0.15) is 5.38 Å². The number of aromatic amines is 1. The van der Waals surface area contributed by atoms with Crippen LogP contribution in [0.1, 0.15) is 5.82 Å². The first-order valence-corrected chi connectivity index (χ1v) is 5.53. The molecule has 0 saturated carbocycles. The Morgan fingerprint density at radius 3 is 2.58 bits per heavy atom. The molecule has 104 valence electrons. The van der Waals surface area contributed by atoms with Gasteiger partial charge in [0.05, 0.1) is 5.03 Å². The van der Waals surface area contributed by atoms with Crippen molar-refractivity contribution in [3.63, 3.8) is 0 Å². The number of nitrogens with one attached hydrogen (secondary N) is 1. The SMILES string of the molecule is O=c1[nH]c(C2=C(Cl)C(Cl)C(F)(C(F)(F)F)C=C2)no1. The Kier molecular flexibility index (Phi) is 3.26. The number of alkyl halides is 5. The van der Waals surface area contributed by atoms with Crippen molar-refractivity contribution in [2.75, 3.05) is 0 Å². The molecule has 1 aliphatic rings. The molecule has 4 nitrogen and oxygen atoms in total. The van der Waals surface area contributed by atoms with Gasteiger partial charge in [0.2, 0.25) is 5.67 Å². The molecule has 1 N–H and O–H groups in total. The van der Waals surface area contributed by atoms with Crippen LogP contribution in [0.2, 0.25) is 0 Å². The van der Waals surface area contributed by atoms with E-state index in [0.29, 0.717) is 0 Å². The van der Waals surface area contributed by atoms with Gasteiger partial charge in [-0.05, 0) is 6.08 Å². The summed E-state index contributed by atoms with van der Waals surface area (Å²) < 4.78 is 55.8. The van der Waals surface area contributed by atoms with Crippen molar-refractivity contribution < 1.29 is 22.1 Å². The van der Waals surface area contributed by atoms with Crippen LogP contribution < -0.4 is 5.76 Å². The summed E-state index contributed by atoms with van der Waals surface area (Å²) in [4.78, 5) is 12.8. The van der Waals surface area contributed by atoms with Gasteiger partial charge >= 0.3 is 11.9 Å². The standard InChI is InChI=1S/C9H4Cl2F4N2O2/c10-4-3(6-16-7(18)19-17-6)1-2-8(12,5(4)11)9(13,14)15/h1-2,5H,(H,16,17,18). The van der Waals surface area contributed by atoms with E-state index in [-0.39, 0.29) is 17.5 Å². The zero-order chi connectivity index (χ0) is 14.4. The number of hydrogen-bond acceptors (Lipinski definition) is 3. The molecular formula is C9H4Cl2F4N2O2. The van der Waals surface area contributed by atoms with E-state index in [0.717, 1.165) is 6.08 Å². The molecule has 0 bridgehead atoms. The van der Waals surface area contributed by atoms with Crippen LogP contribution in [0.25, 0.3) is 5.57 Å². The van der Waals surface area contributed by atoms with Crippen LogP contribution >= 0.6 is 23.2 Å². The Morgan fingerprint density at radius 2 is 2.11 bits per heavy atom. The van der Waals surface area contributed by atoms with Crippen LogP contribution in [0.15, 0.2) is 26.5 Å². The summed E-state index contributed by atoms with van der Waals surface area (Å²) in [5, 5.41) is 0.419. The van der Waals surface area contributed by atoms with Crippen LogP contribution in [-0.4, -0.2) is 27.4 Å². The summed E-state index contributed by atoms with van der Waals surface area (Å²) in [6, 6.07) is 0. The van der Waals surface area contributed by atoms with E-state index >= 15 is 0 Å². The molecule has 1 aliphatic carbocycles. The van der Waals surface area contributed by atoms with Crippen LogP contribution in [0.3, 0.4) is 0 Å². The summed E-state index contributed by atoms with van der Waals surface area (Å²) in [7, 11) is 0. The molecule has 0 amide bonds. The third-order valence-electron chi connectivity index (χ3n) is 2.47. The molecule has 1 aromatic rings. The lowest BCUT2D eigenvalue weighted by atomic mass is 9.92. The van der Waals surface area contributed by atoms with Gasteiger partial charge in [0.25, 0.3) is 0 Å². The lowest BCUT2D eigenvalue weighted by Gasteiger charge is -2.32.